The Labute approximate surface area is 198 Å². The summed E-state index contributed by atoms with van der Waals surface area (Å²) in [7, 11) is 0. The summed E-state index contributed by atoms with van der Waals surface area (Å²) in [5.41, 5.74) is 0. The zero-order chi connectivity index (χ0) is 23.3. The average Bonchev–Trinajstić information content (AvgIpc) is 2.80. The van der Waals surface area contributed by atoms with Crippen molar-refractivity contribution in [1.29, 1.82) is 0 Å². The molecule has 188 valence electrons. The van der Waals surface area contributed by atoms with E-state index in [1.807, 2.05) is 0 Å². The lowest BCUT2D eigenvalue weighted by Gasteiger charge is -2.34. The third kappa shape index (κ3) is 16.5. The molecule has 0 unspecified atom stereocenters. The molecule has 0 bridgehead atoms. The molecule has 32 heavy (non-hydrogen) atoms. The van der Waals surface area contributed by atoms with Gasteiger partial charge < -0.3 is 20.4 Å². The van der Waals surface area contributed by atoms with Crippen LogP contribution in [0.1, 0.15) is 104 Å². The van der Waals surface area contributed by atoms with Crippen LogP contribution in [0, 0.1) is 0 Å². The van der Waals surface area contributed by atoms with Crippen LogP contribution in [-0.2, 0) is 9.59 Å². The Bertz CT molecular complexity index is 423. The largest absolute Gasteiger partial charge is 0.356 e. The first-order valence-corrected chi connectivity index (χ1v) is 13.6. The maximum atomic E-state index is 11.9. The van der Waals surface area contributed by atoms with Crippen LogP contribution in [0.25, 0.3) is 0 Å². The second-order valence-corrected chi connectivity index (χ2v) is 9.42. The Hall–Kier alpha value is -1.14. The number of carbonyl (C=O) groups is 2. The van der Waals surface area contributed by atoms with Crippen LogP contribution in [0.4, 0.5) is 0 Å². The fourth-order valence-corrected chi connectivity index (χ4v) is 4.25. The Morgan fingerprint density at radius 1 is 0.562 bits per heavy atom. The third-order valence-corrected chi connectivity index (χ3v) is 6.43. The molecule has 6 heteroatoms. The predicted molar refractivity (Wildman–Crippen MR) is 135 cm³/mol. The van der Waals surface area contributed by atoms with E-state index in [-0.39, 0.29) is 11.8 Å². The van der Waals surface area contributed by atoms with Gasteiger partial charge in [-0.15, -0.1) is 0 Å². The number of carbonyl (C=O) groups excluding carboxylic acids is 2. The topological polar surface area (TPSA) is 64.7 Å². The summed E-state index contributed by atoms with van der Waals surface area (Å²) in [5, 5.41) is 6.15. The highest BCUT2D eigenvalue weighted by Gasteiger charge is 2.16. The molecule has 0 aromatic carbocycles. The highest BCUT2D eigenvalue weighted by molar-refractivity contribution is 5.76. The monoisotopic (exact) mass is 452 g/mol. The molecule has 0 radical (unpaired) electrons. The molecule has 0 aromatic heterocycles. The second-order valence-electron chi connectivity index (χ2n) is 9.42. The van der Waals surface area contributed by atoms with Gasteiger partial charge in [0.05, 0.1) is 0 Å². The standard InChI is InChI=1S/C26H52N4O2/c1-3-5-7-9-11-15-25(31)27-17-13-19-29-21-23-30(24-22-29)20-14-18-28-26(32)16-12-10-8-6-4-2/h3-24H2,1-2H3,(H,27,31)(H,28,32). The van der Waals surface area contributed by atoms with E-state index in [1.165, 1.54) is 51.4 Å². The van der Waals surface area contributed by atoms with E-state index < -0.39 is 0 Å². The smallest absolute Gasteiger partial charge is 0.219 e. The lowest BCUT2D eigenvalue weighted by atomic mass is 10.1. The lowest BCUT2D eigenvalue weighted by Crippen LogP contribution is -2.47. The fraction of sp³-hybridized carbons (Fsp3) is 0.923. The van der Waals surface area contributed by atoms with Gasteiger partial charge in [0.15, 0.2) is 0 Å². The van der Waals surface area contributed by atoms with Crippen molar-refractivity contribution in [3.8, 4) is 0 Å². The van der Waals surface area contributed by atoms with Crippen LogP contribution in [0.2, 0.25) is 0 Å². The van der Waals surface area contributed by atoms with Gasteiger partial charge in [0.2, 0.25) is 11.8 Å². The number of hydrogen-bond donors (Lipinski definition) is 2. The SMILES string of the molecule is CCCCCCCC(=O)NCCCN1CCN(CCCNC(=O)CCCCCCC)CC1. The summed E-state index contributed by atoms with van der Waals surface area (Å²) >= 11 is 0. The molecular weight excluding hydrogens is 400 g/mol. The Morgan fingerprint density at radius 3 is 1.31 bits per heavy atom. The number of piperazine rings is 1. The van der Waals surface area contributed by atoms with Crippen molar-refractivity contribution in [1.82, 2.24) is 20.4 Å². The molecule has 0 aliphatic carbocycles. The highest BCUT2D eigenvalue weighted by atomic mass is 16.2. The lowest BCUT2D eigenvalue weighted by molar-refractivity contribution is -0.122. The first kappa shape index (κ1) is 28.9. The van der Waals surface area contributed by atoms with Crippen molar-refractivity contribution in [2.45, 2.75) is 104 Å². The summed E-state index contributed by atoms with van der Waals surface area (Å²) in [4.78, 5) is 28.8. The van der Waals surface area contributed by atoms with Crippen molar-refractivity contribution in [3.05, 3.63) is 0 Å². The minimum Gasteiger partial charge on any atom is -0.356 e. The van der Waals surface area contributed by atoms with E-state index in [4.69, 9.17) is 0 Å². The zero-order valence-electron chi connectivity index (χ0n) is 21.3. The van der Waals surface area contributed by atoms with Crippen LogP contribution in [0.5, 0.6) is 0 Å². The average molecular weight is 453 g/mol. The van der Waals surface area contributed by atoms with Gasteiger partial charge in [0.25, 0.3) is 0 Å². The number of amides is 2. The van der Waals surface area contributed by atoms with E-state index in [0.29, 0.717) is 12.8 Å². The summed E-state index contributed by atoms with van der Waals surface area (Å²) in [5.74, 6) is 0.435. The van der Waals surface area contributed by atoms with E-state index in [1.54, 1.807) is 0 Å². The van der Waals surface area contributed by atoms with Gasteiger partial charge in [-0.05, 0) is 38.8 Å². The van der Waals surface area contributed by atoms with Crippen LogP contribution < -0.4 is 10.6 Å². The van der Waals surface area contributed by atoms with Crippen molar-refractivity contribution in [3.63, 3.8) is 0 Å². The summed E-state index contributed by atoms with van der Waals surface area (Å²) in [6.07, 6.45) is 15.4. The third-order valence-electron chi connectivity index (χ3n) is 6.43. The molecule has 0 saturated carbocycles. The molecule has 0 aromatic rings. The molecular formula is C26H52N4O2. The van der Waals surface area contributed by atoms with Crippen molar-refractivity contribution in [2.75, 3.05) is 52.4 Å². The van der Waals surface area contributed by atoms with Gasteiger partial charge in [-0.25, -0.2) is 0 Å². The Morgan fingerprint density at radius 2 is 0.938 bits per heavy atom. The summed E-state index contributed by atoms with van der Waals surface area (Å²) in [6.45, 7) is 12.6. The number of rotatable bonds is 20. The quantitative estimate of drug-likeness (QED) is 0.270. The van der Waals surface area contributed by atoms with Crippen LogP contribution in [0.15, 0.2) is 0 Å². The molecule has 2 N–H and O–H groups in total. The molecule has 1 fully saturated rings. The minimum atomic E-state index is 0.218. The van der Waals surface area contributed by atoms with Gasteiger partial charge in [-0.3, -0.25) is 9.59 Å². The molecule has 0 atom stereocenters. The molecule has 1 heterocycles. The molecule has 6 nitrogen and oxygen atoms in total. The highest BCUT2D eigenvalue weighted by Crippen LogP contribution is 2.06. The number of hydrogen-bond acceptors (Lipinski definition) is 4. The van der Waals surface area contributed by atoms with Crippen LogP contribution in [-0.4, -0.2) is 74.0 Å². The summed E-state index contributed by atoms with van der Waals surface area (Å²) in [6, 6.07) is 0. The molecule has 1 saturated heterocycles. The van der Waals surface area contributed by atoms with Gasteiger partial charge in [0.1, 0.15) is 0 Å². The maximum absolute atomic E-state index is 11.9. The Kier molecular flexibility index (Phi) is 18.5. The summed E-state index contributed by atoms with van der Waals surface area (Å²) < 4.78 is 0. The van der Waals surface area contributed by atoms with Crippen molar-refractivity contribution in [2.24, 2.45) is 0 Å². The molecule has 1 aliphatic rings. The van der Waals surface area contributed by atoms with Crippen molar-refractivity contribution < 1.29 is 9.59 Å². The minimum absolute atomic E-state index is 0.218. The van der Waals surface area contributed by atoms with Crippen molar-refractivity contribution >= 4 is 11.8 Å². The van der Waals surface area contributed by atoms with Gasteiger partial charge in [0, 0.05) is 52.1 Å². The Balaban J connectivity index is 1.92. The molecule has 1 aliphatic heterocycles. The molecule has 1 rings (SSSR count). The first-order chi connectivity index (χ1) is 15.7. The van der Waals surface area contributed by atoms with Crippen LogP contribution >= 0.6 is 0 Å². The van der Waals surface area contributed by atoms with Crippen LogP contribution in [0.3, 0.4) is 0 Å². The number of nitrogens with one attached hydrogen (secondary N) is 2. The van der Waals surface area contributed by atoms with E-state index >= 15 is 0 Å². The second kappa shape index (κ2) is 20.5. The number of unbranched alkanes of at least 4 members (excludes halogenated alkanes) is 8. The number of nitrogens with zero attached hydrogens (tertiary/aromatic N) is 2. The maximum Gasteiger partial charge on any atom is 0.219 e. The van der Waals surface area contributed by atoms with E-state index in [9.17, 15) is 9.59 Å². The molecule has 0 spiro atoms. The van der Waals surface area contributed by atoms with E-state index in [2.05, 4.69) is 34.3 Å². The zero-order valence-corrected chi connectivity index (χ0v) is 21.3. The van der Waals surface area contributed by atoms with Gasteiger partial charge in [-0.2, -0.15) is 0 Å². The van der Waals surface area contributed by atoms with Gasteiger partial charge >= 0.3 is 0 Å². The predicted octanol–water partition coefficient (Wildman–Crippen LogP) is 4.34. The molecule has 2 amide bonds. The first-order valence-electron chi connectivity index (χ1n) is 13.6. The van der Waals surface area contributed by atoms with Gasteiger partial charge in [-0.1, -0.05) is 65.2 Å². The van der Waals surface area contributed by atoms with E-state index in [0.717, 1.165) is 78.0 Å². The fourth-order valence-electron chi connectivity index (χ4n) is 4.25. The normalized spacial score (nSPS) is 15.1.